The highest BCUT2D eigenvalue weighted by atomic mass is 16.2. The van der Waals surface area contributed by atoms with Crippen molar-refractivity contribution in [2.24, 2.45) is 6.98 Å². The van der Waals surface area contributed by atoms with E-state index in [1.807, 2.05) is 25.1 Å². The van der Waals surface area contributed by atoms with Gasteiger partial charge in [0.2, 0.25) is 11.9 Å². The number of rotatable bonds is 4. The molecule has 2 aromatic heterocycles. The molecule has 1 N–H and O–H groups in total. The van der Waals surface area contributed by atoms with Crippen LogP contribution in [-0.4, -0.2) is 49.7 Å². The normalized spacial score (nSPS) is 18.3. The predicted molar refractivity (Wildman–Crippen MR) is 101 cm³/mol. The second kappa shape index (κ2) is 6.84. The van der Waals surface area contributed by atoms with Crippen molar-refractivity contribution in [2.45, 2.75) is 25.8 Å². The van der Waals surface area contributed by atoms with Gasteiger partial charge in [0.1, 0.15) is 0 Å². The van der Waals surface area contributed by atoms with Crippen LogP contribution in [0.5, 0.6) is 0 Å². The Morgan fingerprint density at radius 2 is 2.12 bits per heavy atom. The molecule has 1 atom stereocenters. The molecule has 1 saturated heterocycles. The van der Waals surface area contributed by atoms with Crippen LogP contribution in [0.15, 0.2) is 36.8 Å². The zero-order chi connectivity index (χ0) is 20.6. The molecule has 26 heavy (non-hydrogen) atoms. The van der Waals surface area contributed by atoms with Crippen LogP contribution in [0.4, 0.5) is 5.95 Å². The van der Waals surface area contributed by atoms with Crippen molar-refractivity contribution in [1.29, 1.82) is 0 Å². The van der Waals surface area contributed by atoms with Crippen molar-refractivity contribution in [2.75, 3.05) is 18.4 Å². The molecule has 0 aliphatic carbocycles. The van der Waals surface area contributed by atoms with Gasteiger partial charge in [-0.25, -0.2) is 9.97 Å². The maximum absolute atomic E-state index is 12.5. The number of aryl methyl sites for hydroxylation is 1. The second-order valence-electron chi connectivity index (χ2n) is 6.55. The zero-order valence-corrected chi connectivity index (χ0v) is 14.5. The topological polar surface area (TPSA) is 75.9 Å². The number of aromatic nitrogens is 4. The largest absolute Gasteiger partial charge is 0.293 e. The summed E-state index contributed by atoms with van der Waals surface area (Å²) in [4.78, 5) is 23.4. The van der Waals surface area contributed by atoms with Crippen LogP contribution in [0.2, 0.25) is 0 Å². The third kappa shape index (κ3) is 3.30. The lowest BCUT2D eigenvalue weighted by Gasteiger charge is -2.22. The third-order valence-electron chi connectivity index (χ3n) is 4.80. The summed E-state index contributed by atoms with van der Waals surface area (Å²) in [7, 11) is 0. The summed E-state index contributed by atoms with van der Waals surface area (Å²) < 4.78 is 23.3. The Morgan fingerprint density at radius 1 is 1.27 bits per heavy atom. The number of nitrogens with one attached hydrogen (secondary N) is 1. The minimum Gasteiger partial charge on any atom is -0.293 e. The summed E-state index contributed by atoms with van der Waals surface area (Å²) in [5, 5.41) is 7.54. The van der Waals surface area contributed by atoms with Crippen LogP contribution in [0, 0.1) is 0 Å². The minimum absolute atomic E-state index is 0.124. The molecule has 1 amide bonds. The lowest BCUT2D eigenvalue weighted by Crippen LogP contribution is -2.40. The highest BCUT2D eigenvalue weighted by Gasteiger charge is 2.24. The molecule has 7 heteroatoms. The third-order valence-corrected chi connectivity index (χ3v) is 4.80. The van der Waals surface area contributed by atoms with Gasteiger partial charge in [0.15, 0.2) is 0 Å². The van der Waals surface area contributed by atoms with Crippen molar-refractivity contribution in [3.63, 3.8) is 0 Å². The van der Waals surface area contributed by atoms with E-state index in [2.05, 4.69) is 25.3 Å². The fraction of sp³-hybridized carbons (Fsp3) is 0.368. The van der Waals surface area contributed by atoms with Gasteiger partial charge in [-0.1, -0.05) is 12.1 Å². The minimum atomic E-state index is -2.32. The van der Waals surface area contributed by atoms with E-state index in [-0.39, 0.29) is 17.9 Å². The molecule has 134 valence electrons. The average Bonchev–Trinajstić information content (AvgIpc) is 3.38. The summed E-state index contributed by atoms with van der Waals surface area (Å²) >= 11 is 0. The Labute approximate surface area is 156 Å². The van der Waals surface area contributed by atoms with E-state index >= 15 is 0 Å². The van der Waals surface area contributed by atoms with Crippen LogP contribution in [0.3, 0.4) is 0 Å². The monoisotopic (exact) mass is 353 g/mol. The lowest BCUT2D eigenvalue weighted by molar-refractivity contribution is -0.120. The zero-order valence-electron chi connectivity index (χ0n) is 17.5. The maximum Gasteiger partial charge on any atom is 0.243 e. The van der Waals surface area contributed by atoms with E-state index in [4.69, 9.17) is 4.11 Å². The van der Waals surface area contributed by atoms with Crippen LogP contribution in [-0.2, 0) is 11.8 Å². The van der Waals surface area contributed by atoms with Crippen LogP contribution < -0.4 is 5.32 Å². The fourth-order valence-corrected chi connectivity index (χ4v) is 3.24. The summed E-state index contributed by atoms with van der Waals surface area (Å²) in [6, 6.07) is 5.32. The molecule has 0 bridgehead atoms. The molecule has 0 saturated carbocycles. The van der Waals surface area contributed by atoms with Gasteiger partial charge in [0.05, 0.1) is 17.8 Å². The molecular weight excluding hydrogens is 328 g/mol. The number of fused-ring (bicyclic) bond motifs is 1. The highest BCUT2D eigenvalue weighted by Crippen LogP contribution is 2.23. The smallest absolute Gasteiger partial charge is 0.243 e. The standard InChI is InChI=1S/C19H22N6O/c1-13(25-7-3-4-8-25)18(26)23-19-20-10-15-6-5-14(9-17(15)22-19)16-11-21-24(2)12-16/h5-6,9-13H,3-4,7-8H2,1-2H3,(H,20,22,23,26)/t13-/m0/s1/i2D3. The highest BCUT2D eigenvalue weighted by molar-refractivity contribution is 5.94. The van der Waals surface area contributed by atoms with Gasteiger partial charge < -0.3 is 0 Å². The van der Waals surface area contributed by atoms with Gasteiger partial charge in [0, 0.05) is 34.4 Å². The number of benzene rings is 1. The molecule has 0 radical (unpaired) electrons. The first-order valence-electron chi connectivity index (χ1n) is 10.2. The Kier molecular flexibility index (Phi) is 3.53. The van der Waals surface area contributed by atoms with E-state index < -0.39 is 6.98 Å². The summed E-state index contributed by atoms with van der Waals surface area (Å²) in [6.07, 6.45) is 6.88. The van der Waals surface area contributed by atoms with E-state index in [9.17, 15) is 4.79 Å². The van der Waals surface area contributed by atoms with Crippen molar-refractivity contribution in [3.8, 4) is 11.1 Å². The van der Waals surface area contributed by atoms with Gasteiger partial charge in [0.25, 0.3) is 0 Å². The molecule has 4 rings (SSSR count). The number of carbonyl (C=O) groups excluding carboxylic acids is 1. The molecule has 0 spiro atoms. The number of amides is 1. The Morgan fingerprint density at radius 3 is 2.88 bits per heavy atom. The fourth-order valence-electron chi connectivity index (χ4n) is 3.24. The van der Waals surface area contributed by atoms with Gasteiger partial charge in [-0.15, -0.1) is 0 Å². The van der Waals surface area contributed by atoms with Crippen LogP contribution in [0.25, 0.3) is 22.0 Å². The summed E-state index contributed by atoms with van der Waals surface area (Å²) in [5.74, 6) is 0.130. The van der Waals surface area contributed by atoms with E-state index in [1.165, 1.54) is 12.4 Å². The van der Waals surface area contributed by atoms with E-state index in [0.717, 1.165) is 41.6 Å². The van der Waals surface area contributed by atoms with E-state index in [1.54, 1.807) is 6.20 Å². The van der Waals surface area contributed by atoms with Crippen molar-refractivity contribution < 1.29 is 8.91 Å². The molecule has 0 unspecified atom stereocenters. The number of nitrogens with zero attached hydrogens (tertiary/aromatic N) is 5. The Bertz CT molecular complexity index is 1040. The molecule has 1 aromatic carbocycles. The number of hydrogen-bond donors (Lipinski definition) is 1. The van der Waals surface area contributed by atoms with Crippen molar-refractivity contribution >= 4 is 22.8 Å². The van der Waals surface area contributed by atoms with Gasteiger partial charge in [-0.2, -0.15) is 5.10 Å². The van der Waals surface area contributed by atoms with Crippen molar-refractivity contribution in [3.05, 3.63) is 36.8 Å². The first kappa shape index (κ1) is 13.4. The first-order valence-corrected chi connectivity index (χ1v) is 8.68. The van der Waals surface area contributed by atoms with Gasteiger partial charge in [-0.05, 0) is 44.5 Å². The molecule has 1 aliphatic heterocycles. The molecule has 3 aromatic rings. The van der Waals surface area contributed by atoms with Crippen LogP contribution in [0.1, 0.15) is 23.9 Å². The number of hydrogen-bond acceptors (Lipinski definition) is 5. The van der Waals surface area contributed by atoms with Gasteiger partial charge >= 0.3 is 0 Å². The maximum atomic E-state index is 12.5. The van der Waals surface area contributed by atoms with E-state index in [0.29, 0.717) is 11.1 Å². The molecule has 1 fully saturated rings. The second-order valence-corrected chi connectivity index (χ2v) is 6.55. The Balaban J connectivity index is 1.56. The molecule has 1 aliphatic rings. The SMILES string of the molecule is [2H]C([2H])([2H])n1cc(-c2ccc3cnc(NC(=O)[C@H](C)N4CCCC4)nc3c2)cn1. The average molecular weight is 353 g/mol. The first-order chi connectivity index (χ1) is 13.8. The molecular formula is C19H22N6O. The molecule has 3 heterocycles. The summed E-state index contributed by atoms with van der Waals surface area (Å²) in [5.41, 5.74) is 2.12. The van der Waals surface area contributed by atoms with Crippen LogP contribution >= 0.6 is 0 Å². The Hall–Kier alpha value is -2.80. The lowest BCUT2D eigenvalue weighted by atomic mass is 10.1. The number of likely N-dealkylation sites (tertiary alicyclic amines) is 1. The quantitative estimate of drug-likeness (QED) is 0.780. The van der Waals surface area contributed by atoms with Gasteiger partial charge in [-0.3, -0.25) is 19.7 Å². The molecule has 7 nitrogen and oxygen atoms in total. The summed E-state index contributed by atoms with van der Waals surface area (Å²) in [6.45, 7) is 1.43. The number of anilines is 1. The van der Waals surface area contributed by atoms with Crippen molar-refractivity contribution in [1.82, 2.24) is 24.6 Å². The number of carbonyl (C=O) groups is 1. The predicted octanol–water partition coefficient (Wildman–Crippen LogP) is 2.45.